The van der Waals surface area contributed by atoms with Gasteiger partial charge < -0.3 is 10.1 Å². The van der Waals surface area contributed by atoms with Gasteiger partial charge in [-0.15, -0.1) is 0 Å². The third-order valence-corrected chi connectivity index (χ3v) is 5.61. The second kappa shape index (κ2) is 10.3. The van der Waals surface area contributed by atoms with Crippen molar-refractivity contribution in [2.45, 2.75) is 13.3 Å². The van der Waals surface area contributed by atoms with Gasteiger partial charge in [0.15, 0.2) is 0 Å². The lowest BCUT2D eigenvalue weighted by Crippen LogP contribution is -2.14. The molecule has 3 rings (SSSR count). The van der Waals surface area contributed by atoms with Crippen LogP contribution in [0.2, 0.25) is 10.0 Å². The van der Waals surface area contributed by atoms with Crippen molar-refractivity contribution >= 4 is 40.9 Å². The quantitative estimate of drug-likeness (QED) is 0.328. The standard InChI is InChI=1S/C25H19Cl2FN2O2/c1-15-21(26)7-4-8-23(15)30-25(31)18(14-29)9-17-12-22(27)20(24(13-17)32-2)11-16-5-3-6-19(28)10-16/h3-10,12-13H,11H2,1-2H3,(H,30,31)/b18-9+. The van der Waals surface area contributed by atoms with Gasteiger partial charge in [-0.3, -0.25) is 4.79 Å². The molecular formula is C25H19Cl2FN2O2. The number of carbonyl (C=O) groups excluding carboxylic acids is 1. The number of rotatable bonds is 6. The first kappa shape index (κ1) is 23.3. The van der Waals surface area contributed by atoms with Crippen LogP contribution >= 0.6 is 23.2 Å². The highest BCUT2D eigenvalue weighted by Gasteiger charge is 2.15. The Balaban J connectivity index is 1.90. The van der Waals surface area contributed by atoms with Gasteiger partial charge in [0, 0.05) is 27.7 Å². The molecule has 4 nitrogen and oxygen atoms in total. The molecular weight excluding hydrogens is 450 g/mol. The number of ether oxygens (including phenoxy) is 1. The number of halogens is 3. The third-order valence-electron chi connectivity index (χ3n) is 4.86. The van der Waals surface area contributed by atoms with Gasteiger partial charge >= 0.3 is 0 Å². The van der Waals surface area contributed by atoms with E-state index in [4.69, 9.17) is 27.9 Å². The lowest BCUT2D eigenvalue weighted by molar-refractivity contribution is -0.112. The van der Waals surface area contributed by atoms with Crippen LogP contribution in [0.3, 0.4) is 0 Å². The summed E-state index contributed by atoms with van der Waals surface area (Å²) < 4.78 is 19.0. The highest BCUT2D eigenvalue weighted by atomic mass is 35.5. The van der Waals surface area contributed by atoms with Gasteiger partial charge in [0.1, 0.15) is 23.2 Å². The minimum Gasteiger partial charge on any atom is -0.496 e. The van der Waals surface area contributed by atoms with Crippen molar-refractivity contribution < 1.29 is 13.9 Å². The summed E-state index contributed by atoms with van der Waals surface area (Å²) in [5, 5.41) is 13.1. The number of hydrogen-bond donors (Lipinski definition) is 1. The summed E-state index contributed by atoms with van der Waals surface area (Å²) in [6.07, 6.45) is 1.79. The normalized spacial score (nSPS) is 11.1. The van der Waals surface area contributed by atoms with E-state index < -0.39 is 5.91 Å². The van der Waals surface area contributed by atoms with E-state index in [1.165, 1.54) is 25.3 Å². The number of methoxy groups -OCH3 is 1. The van der Waals surface area contributed by atoms with Crippen LogP contribution < -0.4 is 10.1 Å². The summed E-state index contributed by atoms with van der Waals surface area (Å²) in [6, 6.07) is 16.6. The Morgan fingerprint density at radius 1 is 1.16 bits per heavy atom. The highest BCUT2D eigenvalue weighted by molar-refractivity contribution is 6.32. The van der Waals surface area contributed by atoms with Crippen molar-refractivity contribution in [1.29, 1.82) is 5.26 Å². The van der Waals surface area contributed by atoms with Crippen molar-refractivity contribution in [3.8, 4) is 11.8 Å². The summed E-state index contributed by atoms with van der Waals surface area (Å²) >= 11 is 12.6. The predicted octanol–water partition coefficient (Wildman–Crippen LogP) is 6.59. The molecule has 0 saturated carbocycles. The minimum atomic E-state index is -0.572. The molecule has 0 spiro atoms. The molecule has 0 aromatic heterocycles. The molecule has 0 aliphatic carbocycles. The molecule has 1 N–H and O–H groups in total. The van der Waals surface area contributed by atoms with E-state index in [0.717, 1.165) is 5.56 Å². The zero-order chi connectivity index (χ0) is 23.3. The molecule has 3 aromatic carbocycles. The third kappa shape index (κ3) is 5.47. The fourth-order valence-corrected chi connectivity index (χ4v) is 3.63. The van der Waals surface area contributed by atoms with Crippen LogP contribution in [-0.2, 0) is 11.2 Å². The maximum atomic E-state index is 13.5. The zero-order valence-corrected chi connectivity index (χ0v) is 18.9. The number of amides is 1. The molecule has 0 saturated heterocycles. The Morgan fingerprint density at radius 3 is 2.59 bits per heavy atom. The molecule has 0 unspecified atom stereocenters. The SMILES string of the molecule is COc1cc(/C=C(\C#N)C(=O)Nc2cccc(Cl)c2C)cc(Cl)c1Cc1cccc(F)c1. The van der Waals surface area contributed by atoms with Crippen molar-refractivity contribution in [3.05, 3.63) is 98.3 Å². The molecule has 32 heavy (non-hydrogen) atoms. The summed E-state index contributed by atoms with van der Waals surface area (Å²) in [5.41, 5.74) is 3.04. The van der Waals surface area contributed by atoms with Crippen molar-refractivity contribution in [2.75, 3.05) is 12.4 Å². The molecule has 0 fully saturated rings. The summed E-state index contributed by atoms with van der Waals surface area (Å²) in [6.45, 7) is 1.77. The van der Waals surface area contributed by atoms with E-state index in [-0.39, 0.29) is 11.4 Å². The van der Waals surface area contributed by atoms with Crippen LogP contribution in [0.15, 0.2) is 60.2 Å². The van der Waals surface area contributed by atoms with Crippen molar-refractivity contribution in [3.63, 3.8) is 0 Å². The van der Waals surface area contributed by atoms with Crippen LogP contribution in [0, 0.1) is 24.1 Å². The number of nitriles is 1. The Bertz CT molecular complexity index is 1250. The van der Waals surface area contributed by atoms with Gasteiger partial charge in [0.2, 0.25) is 0 Å². The van der Waals surface area contributed by atoms with Gasteiger partial charge in [-0.1, -0.05) is 41.4 Å². The maximum absolute atomic E-state index is 13.5. The number of hydrogen-bond acceptors (Lipinski definition) is 3. The number of nitrogens with zero attached hydrogens (tertiary/aromatic N) is 1. The molecule has 0 radical (unpaired) electrons. The first-order valence-electron chi connectivity index (χ1n) is 9.61. The van der Waals surface area contributed by atoms with E-state index in [0.29, 0.717) is 44.6 Å². The number of nitrogens with one attached hydrogen (secondary N) is 1. The average Bonchev–Trinajstić information content (AvgIpc) is 2.76. The highest BCUT2D eigenvalue weighted by Crippen LogP contribution is 2.32. The van der Waals surface area contributed by atoms with Gasteiger partial charge in [0.05, 0.1) is 7.11 Å². The molecule has 162 valence electrons. The van der Waals surface area contributed by atoms with E-state index in [2.05, 4.69) is 5.32 Å². The van der Waals surface area contributed by atoms with Crippen LogP contribution in [-0.4, -0.2) is 13.0 Å². The number of benzene rings is 3. The molecule has 7 heteroatoms. The minimum absolute atomic E-state index is 0.111. The molecule has 0 aliphatic rings. The second-order valence-electron chi connectivity index (χ2n) is 7.03. The lowest BCUT2D eigenvalue weighted by Gasteiger charge is -2.13. The van der Waals surface area contributed by atoms with Crippen LogP contribution in [0.5, 0.6) is 5.75 Å². The molecule has 0 bridgehead atoms. The van der Waals surface area contributed by atoms with Crippen LogP contribution in [0.4, 0.5) is 10.1 Å². The van der Waals surface area contributed by atoms with E-state index in [9.17, 15) is 14.4 Å². The molecule has 1 amide bonds. The Kier molecular flexibility index (Phi) is 7.53. The first-order chi connectivity index (χ1) is 15.3. The average molecular weight is 469 g/mol. The Morgan fingerprint density at radius 2 is 1.91 bits per heavy atom. The first-order valence-corrected chi connectivity index (χ1v) is 10.4. The van der Waals surface area contributed by atoms with E-state index in [1.54, 1.807) is 49.4 Å². The predicted molar refractivity (Wildman–Crippen MR) is 126 cm³/mol. The topological polar surface area (TPSA) is 62.1 Å². The largest absolute Gasteiger partial charge is 0.496 e. The van der Waals surface area contributed by atoms with Gasteiger partial charge in [-0.05, 0) is 66.1 Å². The van der Waals surface area contributed by atoms with Crippen LogP contribution in [0.1, 0.15) is 22.3 Å². The summed E-state index contributed by atoms with van der Waals surface area (Å²) in [5.74, 6) is -0.440. The maximum Gasteiger partial charge on any atom is 0.266 e. The van der Waals surface area contributed by atoms with E-state index >= 15 is 0 Å². The smallest absolute Gasteiger partial charge is 0.266 e. The Hall–Kier alpha value is -3.33. The molecule has 0 heterocycles. The van der Waals surface area contributed by atoms with Crippen molar-refractivity contribution in [2.24, 2.45) is 0 Å². The number of anilines is 1. The second-order valence-corrected chi connectivity index (χ2v) is 7.84. The summed E-state index contributed by atoms with van der Waals surface area (Å²) in [4.78, 5) is 12.6. The van der Waals surface area contributed by atoms with Gasteiger partial charge in [-0.25, -0.2) is 4.39 Å². The fourth-order valence-electron chi connectivity index (χ4n) is 3.17. The zero-order valence-electron chi connectivity index (χ0n) is 17.4. The van der Waals surface area contributed by atoms with Crippen molar-refractivity contribution in [1.82, 2.24) is 0 Å². The van der Waals surface area contributed by atoms with Gasteiger partial charge in [0.25, 0.3) is 5.91 Å². The fraction of sp³-hybridized carbons (Fsp3) is 0.120. The van der Waals surface area contributed by atoms with Gasteiger partial charge in [-0.2, -0.15) is 5.26 Å². The molecule has 3 aromatic rings. The van der Waals surface area contributed by atoms with E-state index in [1.807, 2.05) is 6.07 Å². The summed E-state index contributed by atoms with van der Waals surface area (Å²) in [7, 11) is 1.49. The van der Waals surface area contributed by atoms with Crippen LogP contribution in [0.25, 0.3) is 6.08 Å². The number of carbonyl (C=O) groups is 1. The molecule has 0 aliphatic heterocycles. The molecule has 0 atom stereocenters. The lowest BCUT2D eigenvalue weighted by atomic mass is 10.0. The Labute approximate surface area is 195 Å². The monoisotopic (exact) mass is 468 g/mol.